The summed E-state index contributed by atoms with van der Waals surface area (Å²) in [5.74, 6) is -0.347. The van der Waals surface area contributed by atoms with E-state index in [2.05, 4.69) is 55.9 Å². The van der Waals surface area contributed by atoms with Crippen molar-refractivity contribution < 1.29 is 9.59 Å². The van der Waals surface area contributed by atoms with Crippen molar-refractivity contribution >= 4 is 45.7 Å². The number of carbonyl (C=O) groups is 2. The summed E-state index contributed by atoms with van der Waals surface area (Å²) in [6, 6.07) is 14.5. The summed E-state index contributed by atoms with van der Waals surface area (Å²) in [4.78, 5) is 33.3. The van der Waals surface area contributed by atoms with Crippen LogP contribution < -0.4 is 10.2 Å². The molecule has 2 aromatic carbocycles. The summed E-state index contributed by atoms with van der Waals surface area (Å²) >= 11 is 0.927. The van der Waals surface area contributed by atoms with Gasteiger partial charge in [0, 0.05) is 37.6 Å². The number of carbonyl (C=O) groups excluding carboxylic acids is 2. The first-order valence-electron chi connectivity index (χ1n) is 11.4. The molecule has 2 fully saturated rings. The van der Waals surface area contributed by atoms with Gasteiger partial charge in [0.2, 0.25) is 0 Å². The van der Waals surface area contributed by atoms with E-state index in [0.717, 1.165) is 60.2 Å². The lowest BCUT2D eigenvalue weighted by atomic mass is 10.1. The van der Waals surface area contributed by atoms with Crippen LogP contribution in [-0.2, 0) is 4.79 Å². The molecule has 0 spiro atoms. The van der Waals surface area contributed by atoms with Crippen molar-refractivity contribution in [1.82, 2.24) is 19.8 Å². The summed E-state index contributed by atoms with van der Waals surface area (Å²) in [5.41, 5.74) is 4.98. The molecule has 3 heterocycles. The first-order valence-corrected chi connectivity index (χ1v) is 12.2. The molecule has 0 aliphatic carbocycles. The van der Waals surface area contributed by atoms with Gasteiger partial charge in [-0.15, -0.1) is 0 Å². The van der Waals surface area contributed by atoms with E-state index in [4.69, 9.17) is 0 Å². The van der Waals surface area contributed by atoms with Gasteiger partial charge in [-0.3, -0.25) is 24.4 Å². The molecule has 170 valence electrons. The Morgan fingerprint density at radius 3 is 2.48 bits per heavy atom. The molecule has 0 unspecified atom stereocenters. The summed E-state index contributed by atoms with van der Waals surface area (Å²) in [7, 11) is 0. The number of imide groups is 1. The topological polar surface area (TPSA) is 70.5 Å². The number of nitrogens with one attached hydrogen (secondary N) is 1. The standard InChI is InChI=1S/C25H27N5O2S/c1-2-3-10-28-11-13-29(14-12-28)19-5-7-20(8-6-19)30-17-26-21-9-4-18(15-22(21)30)16-23-24(31)27-25(32)33-23/h4-9,15-17H,2-3,10-14H2,1H3,(H,27,31,32). The maximum absolute atomic E-state index is 11.9. The van der Waals surface area contributed by atoms with Crippen LogP contribution in [0.5, 0.6) is 0 Å². The number of unbranched alkanes of at least 4 members (excludes halogenated alkanes) is 1. The SMILES string of the molecule is CCCCN1CCN(c2ccc(-n3cnc4ccc(C=C5SC(=O)NC5=O)cc43)cc2)CC1. The Bertz CT molecular complexity index is 1210. The largest absolute Gasteiger partial charge is 0.369 e. The second-order valence-corrected chi connectivity index (χ2v) is 9.43. The van der Waals surface area contributed by atoms with E-state index in [1.54, 1.807) is 6.08 Å². The number of nitrogens with zero attached hydrogens (tertiary/aromatic N) is 4. The fourth-order valence-electron chi connectivity index (χ4n) is 4.33. The number of amides is 2. The van der Waals surface area contributed by atoms with Crippen molar-refractivity contribution in [1.29, 1.82) is 0 Å². The molecular formula is C25H27N5O2S. The molecule has 33 heavy (non-hydrogen) atoms. The first-order chi connectivity index (χ1) is 16.1. The zero-order valence-electron chi connectivity index (χ0n) is 18.7. The highest BCUT2D eigenvalue weighted by Crippen LogP contribution is 2.28. The Morgan fingerprint density at radius 2 is 1.79 bits per heavy atom. The van der Waals surface area contributed by atoms with E-state index < -0.39 is 0 Å². The highest BCUT2D eigenvalue weighted by atomic mass is 32.2. The van der Waals surface area contributed by atoms with Crippen molar-refractivity contribution in [3.63, 3.8) is 0 Å². The third-order valence-corrected chi connectivity index (χ3v) is 7.01. The first kappa shape index (κ1) is 21.7. The van der Waals surface area contributed by atoms with Crippen LogP contribution in [-0.4, -0.2) is 58.3 Å². The average molecular weight is 462 g/mol. The minimum atomic E-state index is -0.347. The number of aromatic nitrogens is 2. The van der Waals surface area contributed by atoms with Gasteiger partial charge in [0.1, 0.15) is 6.33 Å². The molecule has 2 aliphatic heterocycles. The fraction of sp³-hybridized carbons (Fsp3) is 0.320. The Labute approximate surface area is 197 Å². The number of thioether (sulfide) groups is 1. The van der Waals surface area contributed by atoms with Crippen LogP contribution >= 0.6 is 11.8 Å². The van der Waals surface area contributed by atoms with E-state index in [-0.39, 0.29) is 11.1 Å². The second kappa shape index (κ2) is 9.41. The van der Waals surface area contributed by atoms with Gasteiger partial charge in [-0.2, -0.15) is 0 Å². The molecule has 5 rings (SSSR count). The highest BCUT2D eigenvalue weighted by Gasteiger charge is 2.25. The summed E-state index contributed by atoms with van der Waals surface area (Å²) in [6.07, 6.45) is 6.09. The molecule has 2 saturated heterocycles. The van der Waals surface area contributed by atoms with E-state index in [1.165, 1.54) is 25.1 Å². The van der Waals surface area contributed by atoms with Crippen LogP contribution in [0.2, 0.25) is 0 Å². The van der Waals surface area contributed by atoms with Gasteiger partial charge in [0.05, 0.1) is 15.9 Å². The third kappa shape index (κ3) is 4.67. The molecule has 2 amide bonds. The predicted octanol–water partition coefficient (Wildman–Crippen LogP) is 4.27. The van der Waals surface area contributed by atoms with E-state index in [1.807, 2.05) is 24.5 Å². The molecule has 0 radical (unpaired) electrons. The summed E-state index contributed by atoms with van der Waals surface area (Å²) in [6.45, 7) is 7.80. The van der Waals surface area contributed by atoms with Gasteiger partial charge in [0.15, 0.2) is 0 Å². The maximum Gasteiger partial charge on any atom is 0.290 e. The number of hydrogen-bond donors (Lipinski definition) is 1. The Balaban J connectivity index is 1.34. The maximum atomic E-state index is 11.9. The highest BCUT2D eigenvalue weighted by molar-refractivity contribution is 8.18. The van der Waals surface area contributed by atoms with Gasteiger partial charge in [0.25, 0.3) is 11.1 Å². The average Bonchev–Trinajstić information content (AvgIpc) is 3.40. The molecular weight excluding hydrogens is 434 g/mol. The van der Waals surface area contributed by atoms with Gasteiger partial charge in [-0.05, 0) is 72.8 Å². The monoisotopic (exact) mass is 461 g/mol. The number of benzene rings is 2. The van der Waals surface area contributed by atoms with Gasteiger partial charge in [-0.1, -0.05) is 19.4 Å². The number of rotatable bonds is 6. The van der Waals surface area contributed by atoms with E-state index in [9.17, 15) is 9.59 Å². The van der Waals surface area contributed by atoms with Crippen LogP contribution in [0.15, 0.2) is 53.7 Å². The molecule has 0 saturated carbocycles. The number of imidazole rings is 1. The summed E-state index contributed by atoms with van der Waals surface area (Å²) in [5, 5.41) is 1.96. The lowest BCUT2D eigenvalue weighted by Crippen LogP contribution is -2.46. The van der Waals surface area contributed by atoms with E-state index in [0.29, 0.717) is 4.91 Å². The molecule has 8 heteroatoms. The van der Waals surface area contributed by atoms with Crippen molar-refractivity contribution in [2.24, 2.45) is 0 Å². The quantitative estimate of drug-likeness (QED) is 0.553. The Morgan fingerprint density at radius 1 is 1.03 bits per heavy atom. The Kier molecular flexibility index (Phi) is 6.20. The number of piperazine rings is 1. The van der Waals surface area contributed by atoms with Gasteiger partial charge < -0.3 is 4.90 Å². The lowest BCUT2D eigenvalue weighted by molar-refractivity contribution is -0.115. The van der Waals surface area contributed by atoms with E-state index >= 15 is 0 Å². The number of anilines is 1. The molecule has 1 aromatic heterocycles. The van der Waals surface area contributed by atoms with Crippen molar-refractivity contribution in [3.05, 3.63) is 59.3 Å². The van der Waals surface area contributed by atoms with Crippen LogP contribution in [0.3, 0.4) is 0 Å². The number of hydrogen-bond acceptors (Lipinski definition) is 6. The molecule has 0 bridgehead atoms. The smallest absolute Gasteiger partial charge is 0.290 e. The van der Waals surface area contributed by atoms with Crippen LogP contribution in [0.4, 0.5) is 10.5 Å². The van der Waals surface area contributed by atoms with Crippen molar-refractivity contribution in [2.45, 2.75) is 19.8 Å². The van der Waals surface area contributed by atoms with Crippen molar-refractivity contribution in [2.75, 3.05) is 37.6 Å². The molecule has 2 aliphatic rings. The van der Waals surface area contributed by atoms with Crippen LogP contribution in [0.1, 0.15) is 25.3 Å². The molecule has 3 aromatic rings. The fourth-order valence-corrected chi connectivity index (χ4v) is 5.01. The van der Waals surface area contributed by atoms with Gasteiger partial charge in [-0.25, -0.2) is 4.98 Å². The molecule has 7 nitrogen and oxygen atoms in total. The minimum absolute atomic E-state index is 0.333. The molecule has 1 N–H and O–H groups in total. The summed E-state index contributed by atoms with van der Waals surface area (Å²) < 4.78 is 2.05. The van der Waals surface area contributed by atoms with Crippen molar-refractivity contribution in [3.8, 4) is 5.69 Å². The third-order valence-electron chi connectivity index (χ3n) is 6.20. The Hall–Kier alpha value is -3.10. The van der Waals surface area contributed by atoms with Gasteiger partial charge >= 0.3 is 0 Å². The molecule has 0 atom stereocenters. The minimum Gasteiger partial charge on any atom is -0.369 e. The van der Waals surface area contributed by atoms with Crippen LogP contribution in [0, 0.1) is 0 Å². The zero-order chi connectivity index (χ0) is 22.8. The predicted molar refractivity (Wildman–Crippen MR) is 134 cm³/mol. The van der Waals surface area contributed by atoms with Crippen LogP contribution in [0.25, 0.3) is 22.8 Å². The normalized spacial score (nSPS) is 18.5. The zero-order valence-corrected chi connectivity index (χ0v) is 19.5. The lowest BCUT2D eigenvalue weighted by Gasteiger charge is -2.36. The second-order valence-electron chi connectivity index (χ2n) is 8.41. The number of fused-ring (bicyclic) bond motifs is 1.